The minimum absolute atomic E-state index is 0.00671. The van der Waals surface area contributed by atoms with Gasteiger partial charge in [-0.15, -0.1) is 0 Å². The Hall–Kier alpha value is -2.27. The second-order valence-corrected chi connectivity index (χ2v) is 4.60. The highest BCUT2D eigenvalue weighted by molar-refractivity contribution is 6.30. The topological polar surface area (TPSA) is 64.4 Å². The second-order valence-electron chi connectivity index (χ2n) is 4.16. The van der Waals surface area contributed by atoms with Gasteiger partial charge in [-0.2, -0.15) is 0 Å². The predicted octanol–water partition coefficient (Wildman–Crippen LogP) is 3.87. The molecule has 0 saturated carbocycles. The quantitative estimate of drug-likeness (QED) is 0.671. The number of anilines is 1. The molecule has 5 nitrogen and oxygen atoms in total. The molecule has 0 aliphatic heterocycles. The van der Waals surface area contributed by atoms with Crippen LogP contribution in [-0.4, -0.2) is 12.0 Å². The number of non-ortho nitro benzene ring substituents is 1. The first-order valence-corrected chi connectivity index (χ1v) is 6.28. The Kier molecular flexibility index (Phi) is 4.42. The molecule has 0 fully saturated rings. The molecule has 20 heavy (non-hydrogen) atoms. The molecule has 0 unspecified atom stereocenters. The van der Waals surface area contributed by atoms with E-state index in [0.29, 0.717) is 17.3 Å². The van der Waals surface area contributed by atoms with Crippen LogP contribution in [0.1, 0.15) is 5.56 Å². The Bertz CT molecular complexity index is 632. The lowest BCUT2D eigenvalue weighted by atomic mass is 10.2. The number of benzene rings is 2. The van der Waals surface area contributed by atoms with E-state index in [1.165, 1.54) is 19.2 Å². The average molecular weight is 293 g/mol. The van der Waals surface area contributed by atoms with Crippen LogP contribution < -0.4 is 10.1 Å². The number of halogens is 1. The molecule has 0 atom stereocenters. The zero-order valence-electron chi connectivity index (χ0n) is 10.8. The van der Waals surface area contributed by atoms with Gasteiger partial charge in [0.2, 0.25) is 0 Å². The summed E-state index contributed by atoms with van der Waals surface area (Å²) in [6.07, 6.45) is 0. The molecule has 0 spiro atoms. The van der Waals surface area contributed by atoms with Crippen molar-refractivity contribution in [1.29, 1.82) is 0 Å². The second kappa shape index (κ2) is 6.25. The van der Waals surface area contributed by atoms with Crippen LogP contribution >= 0.6 is 11.6 Å². The van der Waals surface area contributed by atoms with Gasteiger partial charge in [0.15, 0.2) is 0 Å². The van der Waals surface area contributed by atoms with E-state index in [1.54, 1.807) is 18.2 Å². The third-order valence-electron chi connectivity index (χ3n) is 2.72. The fraction of sp³-hybridized carbons (Fsp3) is 0.143. The zero-order chi connectivity index (χ0) is 14.5. The summed E-state index contributed by atoms with van der Waals surface area (Å²) >= 11 is 5.89. The summed E-state index contributed by atoms with van der Waals surface area (Å²) in [6, 6.07) is 11.9. The van der Waals surface area contributed by atoms with Gasteiger partial charge in [-0.25, -0.2) is 0 Å². The van der Waals surface area contributed by atoms with Crippen molar-refractivity contribution in [2.24, 2.45) is 0 Å². The van der Waals surface area contributed by atoms with Crippen molar-refractivity contribution in [3.05, 3.63) is 63.2 Å². The van der Waals surface area contributed by atoms with E-state index >= 15 is 0 Å². The Labute approximate surface area is 121 Å². The van der Waals surface area contributed by atoms with Gasteiger partial charge in [0.1, 0.15) is 5.75 Å². The van der Waals surface area contributed by atoms with Crippen LogP contribution in [0, 0.1) is 10.1 Å². The van der Waals surface area contributed by atoms with Crippen molar-refractivity contribution >= 4 is 23.0 Å². The molecule has 2 aromatic rings. The number of nitrogens with zero attached hydrogens (tertiary/aromatic N) is 1. The molecule has 0 radical (unpaired) electrons. The molecule has 2 rings (SSSR count). The van der Waals surface area contributed by atoms with E-state index in [0.717, 1.165) is 11.3 Å². The molecule has 0 aliphatic rings. The number of hydrogen-bond acceptors (Lipinski definition) is 4. The first-order valence-electron chi connectivity index (χ1n) is 5.90. The standard InChI is InChI=1S/C14H13ClN2O3/c1-20-14-6-10(5-13(8-14)17(18)19)9-16-12-4-2-3-11(15)7-12/h2-8,16H,9H2,1H3. The highest BCUT2D eigenvalue weighted by atomic mass is 35.5. The number of nitro benzene ring substituents is 1. The van der Waals surface area contributed by atoms with Crippen molar-refractivity contribution in [1.82, 2.24) is 0 Å². The summed E-state index contributed by atoms with van der Waals surface area (Å²) in [5.41, 5.74) is 1.62. The third-order valence-corrected chi connectivity index (χ3v) is 2.95. The number of hydrogen-bond donors (Lipinski definition) is 1. The van der Waals surface area contributed by atoms with E-state index in [9.17, 15) is 10.1 Å². The normalized spacial score (nSPS) is 10.1. The average Bonchev–Trinajstić information content (AvgIpc) is 2.45. The third kappa shape index (κ3) is 3.61. The first-order chi connectivity index (χ1) is 9.58. The fourth-order valence-corrected chi connectivity index (χ4v) is 1.96. The van der Waals surface area contributed by atoms with Gasteiger partial charge in [0, 0.05) is 23.3 Å². The number of nitro groups is 1. The Balaban J connectivity index is 2.16. The summed E-state index contributed by atoms with van der Waals surface area (Å²) in [4.78, 5) is 10.4. The fourth-order valence-electron chi connectivity index (χ4n) is 1.77. The maximum absolute atomic E-state index is 10.9. The van der Waals surface area contributed by atoms with Crippen LogP contribution in [0.3, 0.4) is 0 Å². The van der Waals surface area contributed by atoms with E-state index in [1.807, 2.05) is 12.1 Å². The largest absolute Gasteiger partial charge is 0.496 e. The molecule has 0 heterocycles. The van der Waals surface area contributed by atoms with Crippen LogP contribution in [-0.2, 0) is 6.54 Å². The Morgan fingerprint density at radius 3 is 2.75 bits per heavy atom. The summed E-state index contributed by atoms with van der Waals surface area (Å²) in [5.74, 6) is 0.460. The SMILES string of the molecule is COc1cc(CNc2cccc(Cl)c2)cc([N+](=O)[O-])c1. The molecule has 0 saturated heterocycles. The summed E-state index contributed by atoms with van der Waals surface area (Å²) in [7, 11) is 1.48. The van der Waals surface area contributed by atoms with E-state index < -0.39 is 4.92 Å². The number of ether oxygens (including phenoxy) is 1. The van der Waals surface area contributed by atoms with Gasteiger partial charge < -0.3 is 10.1 Å². The Morgan fingerprint density at radius 1 is 1.30 bits per heavy atom. The highest BCUT2D eigenvalue weighted by Crippen LogP contribution is 2.23. The predicted molar refractivity (Wildman–Crippen MR) is 78.4 cm³/mol. The van der Waals surface area contributed by atoms with Crippen LogP contribution in [0.5, 0.6) is 5.75 Å². The van der Waals surface area contributed by atoms with Crippen molar-refractivity contribution in [3.63, 3.8) is 0 Å². The first kappa shape index (κ1) is 14.1. The molecular formula is C14H13ClN2O3. The maximum Gasteiger partial charge on any atom is 0.273 e. The monoisotopic (exact) mass is 292 g/mol. The van der Waals surface area contributed by atoms with E-state index in [-0.39, 0.29) is 5.69 Å². The lowest BCUT2D eigenvalue weighted by molar-refractivity contribution is -0.385. The van der Waals surface area contributed by atoms with Gasteiger partial charge in [-0.1, -0.05) is 17.7 Å². The lowest BCUT2D eigenvalue weighted by Crippen LogP contribution is -2.01. The highest BCUT2D eigenvalue weighted by Gasteiger charge is 2.10. The Morgan fingerprint density at radius 2 is 2.10 bits per heavy atom. The molecule has 1 N–H and O–H groups in total. The summed E-state index contributed by atoms with van der Waals surface area (Å²) in [6.45, 7) is 0.443. The number of rotatable bonds is 5. The summed E-state index contributed by atoms with van der Waals surface area (Å²) in [5, 5.41) is 14.6. The number of nitrogens with one attached hydrogen (secondary N) is 1. The molecule has 0 aliphatic carbocycles. The van der Waals surface area contributed by atoms with Gasteiger partial charge in [-0.3, -0.25) is 10.1 Å². The van der Waals surface area contributed by atoms with Gasteiger partial charge in [0.05, 0.1) is 18.1 Å². The van der Waals surface area contributed by atoms with Crippen molar-refractivity contribution in [2.75, 3.05) is 12.4 Å². The molecule has 6 heteroatoms. The molecule has 0 bridgehead atoms. The van der Waals surface area contributed by atoms with Crippen molar-refractivity contribution in [3.8, 4) is 5.75 Å². The van der Waals surface area contributed by atoms with E-state index in [2.05, 4.69) is 5.32 Å². The van der Waals surface area contributed by atoms with Gasteiger partial charge >= 0.3 is 0 Å². The maximum atomic E-state index is 10.9. The summed E-state index contributed by atoms with van der Waals surface area (Å²) < 4.78 is 5.06. The van der Waals surface area contributed by atoms with Crippen LogP contribution in [0.15, 0.2) is 42.5 Å². The molecule has 0 aromatic heterocycles. The zero-order valence-corrected chi connectivity index (χ0v) is 11.6. The molecule has 2 aromatic carbocycles. The molecular weight excluding hydrogens is 280 g/mol. The number of methoxy groups -OCH3 is 1. The van der Waals surface area contributed by atoms with Crippen molar-refractivity contribution < 1.29 is 9.66 Å². The van der Waals surface area contributed by atoms with Crippen LogP contribution in [0.2, 0.25) is 5.02 Å². The van der Waals surface area contributed by atoms with E-state index in [4.69, 9.17) is 16.3 Å². The minimum atomic E-state index is -0.439. The van der Waals surface area contributed by atoms with Gasteiger partial charge in [-0.05, 0) is 29.8 Å². The molecule has 104 valence electrons. The minimum Gasteiger partial charge on any atom is -0.496 e. The van der Waals surface area contributed by atoms with Crippen LogP contribution in [0.4, 0.5) is 11.4 Å². The lowest BCUT2D eigenvalue weighted by Gasteiger charge is -2.08. The van der Waals surface area contributed by atoms with Gasteiger partial charge in [0.25, 0.3) is 5.69 Å². The molecule has 0 amide bonds. The van der Waals surface area contributed by atoms with Crippen LogP contribution in [0.25, 0.3) is 0 Å². The smallest absolute Gasteiger partial charge is 0.273 e. The van der Waals surface area contributed by atoms with Crippen molar-refractivity contribution in [2.45, 2.75) is 6.54 Å².